The van der Waals surface area contributed by atoms with E-state index < -0.39 is 0 Å². The molecule has 0 aromatic carbocycles. The fraction of sp³-hybridized carbons (Fsp3) is 0.619. The van der Waals surface area contributed by atoms with Gasteiger partial charge in [-0.2, -0.15) is 0 Å². The molecular formula is C21H34BrNO2. The summed E-state index contributed by atoms with van der Waals surface area (Å²) in [6.45, 7) is 7.52. The Morgan fingerprint density at radius 3 is 2.16 bits per heavy atom. The highest BCUT2D eigenvalue weighted by molar-refractivity contribution is 8.93. The van der Waals surface area contributed by atoms with Crippen LogP contribution in [0.25, 0.3) is 0 Å². The van der Waals surface area contributed by atoms with Gasteiger partial charge in [0.15, 0.2) is 5.75 Å². The van der Waals surface area contributed by atoms with Crippen molar-refractivity contribution in [1.29, 1.82) is 0 Å². The van der Waals surface area contributed by atoms with Crippen LogP contribution >= 0.6 is 17.0 Å². The van der Waals surface area contributed by atoms with E-state index in [-0.39, 0.29) is 23.0 Å². The average Bonchev–Trinajstić information content (AvgIpc) is 2.57. The molecule has 0 N–H and O–H groups in total. The number of aryl methyl sites for hydroxylation is 1. The Kier molecular flexibility index (Phi) is 14.4. The predicted octanol–water partition coefficient (Wildman–Crippen LogP) is 6.60. The molecule has 0 radical (unpaired) electrons. The van der Waals surface area contributed by atoms with Gasteiger partial charge >= 0.3 is 5.97 Å². The number of ether oxygens (including phenoxy) is 1. The number of esters is 1. The summed E-state index contributed by atoms with van der Waals surface area (Å²) >= 11 is 0. The van der Waals surface area contributed by atoms with Crippen LogP contribution in [0.5, 0.6) is 5.75 Å². The van der Waals surface area contributed by atoms with Crippen LogP contribution in [0.1, 0.15) is 83.7 Å². The van der Waals surface area contributed by atoms with Crippen molar-refractivity contribution < 1.29 is 9.53 Å². The molecule has 0 fully saturated rings. The van der Waals surface area contributed by atoms with E-state index in [1.54, 1.807) is 25.3 Å². The molecule has 0 saturated carbocycles. The Hall–Kier alpha value is -1.16. The zero-order chi connectivity index (χ0) is 17.6. The van der Waals surface area contributed by atoms with Gasteiger partial charge in [-0.1, -0.05) is 71.3 Å². The van der Waals surface area contributed by atoms with Gasteiger partial charge in [0.25, 0.3) is 0 Å². The normalized spacial score (nSPS) is 10.2. The Morgan fingerprint density at radius 2 is 1.60 bits per heavy atom. The number of unbranched alkanes of at least 4 members (excludes halogenated alkanes) is 9. The van der Waals surface area contributed by atoms with E-state index in [9.17, 15) is 4.79 Å². The zero-order valence-corrected chi connectivity index (χ0v) is 17.6. The van der Waals surface area contributed by atoms with Crippen molar-refractivity contribution in [2.24, 2.45) is 0 Å². The molecule has 0 bridgehead atoms. The lowest BCUT2D eigenvalue weighted by atomic mass is 10.0. The highest BCUT2D eigenvalue weighted by Gasteiger charge is 2.10. The van der Waals surface area contributed by atoms with Crippen LogP contribution in [0.4, 0.5) is 0 Å². The van der Waals surface area contributed by atoms with E-state index >= 15 is 0 Å². The van der Waals surface area contributed by atoms with Gasteiger partial charge in [-0.3, -0.25) is 4.98 Å². The molecule has 0 aliphatic carbocycles. The lowest BCUT2D eigenvalue weighted by Gasteiger charge is -2.09. The van der Waals surface area contributed by atoms with Crippen molar-refractivity contribution in [2.75, 3.05) is 0 Å². The third-order valence-corrected chi connectivity index (χ3v) is 4.17. The SMILES string of the molecule is Br.C=C(C)C(=O)Oc1cccnc1CCCCCCCCCCCC. The van der Waals surface area contributed by atoms with E-state index in [2.05, 4.69) is 18.5 Å². The van der Waals surface area contributed by atoms with Crippen molar-refractivity contribution in [1.82, 2.24) is 4.98 Å². The molecule has 0 saturated heterocycles. The number of hydrogen-bond donors (Lipinski definition) is 0. The van der Waals surface area contributed by atoms with Crippen LogP contribution in [-0.2, 0) is 11.2 Å². The van der Waals surface area contributed by atoms with Gasteiger partial charge < -0.3 is 4.74 Å². The smallest absolute Gasteiger partial charge is 0.338 e. The molecule has 0 amide bonds. The van der Waals surface area contributed by atoms with Crippen molar-refractivity contribution in [3.63, 3.8) is 0 Å². The van der Waals surface area contributed by atoms with Crippen molar-refractivity contribution in [3.8, 4) is 5.75 Å². The highest BCUT2D eigenvalue weighted by atomic mass is 79.9. The molecule has 1 heterocycles. The van der Waals surface area contributed by atoms with Gasteiger partial charge in [0.2, 0.25) is 0 Å². The van der Waals surface area contributed by atoms with Crippen molar-refractivity contribution in [3.05, 3.63) is 36.2 Å². The Balaban J connectivity index is 0.00000576. The minimum Gasteiger partial charge on any atom is -0.421 e. The maximum Gasteiger partial charge on any atom is 0.338 e. The first-order valence-corrected chi connectivity index (χ1v) is 9.46. The molecule has 3 nitrogen and oxygen atoms in total. The number of rotatable bonds is 13. The largest absolute Gasteiger partial charge is 0.421 e. The minimum atomic E-state index is -0.382. The third kappa shape index (κ3) is 11.1. The number of aromatic nitrogens is 1. The molecular weight excluding hydrogens is 378 g/mol. The van der Waals surface area contributed by atoms with Crippen molar-refractivity contribution >= 4 is 23.0 Å². The molecule has 0 unspecified atom stereocenters. The van der Waals surface area contributed by atoms with E-state index in [1.165, 1.54) is 57.8 Å². The number of carbonyl (C=O) groups excluding carboxylic acids is 1. The lowest BCUT2D eigenvalue weighted by molar-refractivity contribution is -0.130. The number of hydrogen-bond acceptors (Lipinski definition) is 3. The Bertz CT molecular complexity index is 502. The van der Waals surface area contributed by atoms with Crippen LogP contribution in [0.15, 0.2) is 30.5 Å². The topological polar surface area (TPSA) is 39.2 Å². The summed E-state index contributed by atoms with van der Waals surface area (Å²) in [5, 5.41) is 0. The van der Waals surface area contributed by atoms with Crippen LogP contribution in [-0.4, -0.2) is 11.0 Å². The molecule has 4 heteroatoms. The molecule has 0 atom stereocenters. The molecule has 25 heavy (non-hydrogen) atoms. The van der Waals surface area contributed by atoms with Gasteiger partial charge in [-0.25, -0.2) is 4.79 Å². The number of pyridine rings is 1. The summed E-state index contributed by atoms with van der Waals surface area (Å²) in [4.78, 5) is 16.0. The Labute approximate surface area is 164 Å². The second-order valence-electron chi connectivity index (χ2n) is 6.55. The van der Waals surface area contributed by atoms with Gasteiger partial charge in [0.05, 0.1) is 5.69 Å². The fourth-order valence-corrected chi connectivity index (χ4v) is 2.67. The fourth-order valence-electron chi connectivity index (χ4n) is 2.67. The maximum absolute atomic E-state index is 11.7. The molecule has 0 aliphatic rings. The van der Waals surface area contributed by atoms with Crippen LogP contribution in [0, 0.1) is 0 Å². The Morgan fingerprint density at radius 1 is 1.04 bits per heavy atom. The van der Waals surface area contributed by atoms with E-state index in [4.69, 9.17) is 4.74 Å². The molecule has 1 aromatic heterocycles. The number of nitrogens with zero attached hydrogens (tertiary/aromatic N) is 1. The first-order valence-electron chi connectivity index (χ1n) is 9.46. The predicted molar refractivity (Wildman–Crippen MR) is 111 cm³/mol. The monoisotopic (exact) mass is 411 g/mol. The highest BCUT2D eigenvalue weighted by Crippen LogP contribution is 2.19. The number of carbonyl (C=O) groups is 1. The second-order valence-corrected chi connectivity index (χ2v) is 6.55. The molecule has 1 rings (SSSR count). The quantitative estimate of drug-likeness (QED) is 0.208. The summed E-state index contributed by atoms with van der Waals surface area (Å²) in [5.41, 5.74) is 1.27. The third-order valence-electron chi connectivity index (χ3n) is 4.17. The summed E-state index contributed by atoms with van der Waals surface area (Å²) in [6.07, 6.45) is 15.7. The summed E-state index contributed by atoms with van der Waals surface area (Å²) in [6, 6.07) is 3.60. The van der Waals surface area contributed by atoms with Gasteiger partial charge in [-0.15, -0.1) is 17.0 Å². The molecule has 0 spiro atoms. The molecule has 1 aromatic rings. The number of halogens is 1. The zero-order valence-electron chi connectivity index (χ0n) is 15.9. The average molecular weight is 412 g/mol. The van der Waals surface area contributed by atoms with Crippen molar-refractivity contribution in [2.45, 2.75) is 84.5 Å². The summed E-state index contributed by atoms with van der Waals surface area (Å²) in [7, 11) is 0. The van der Waals surface area contributed by atoms with Crippen LogP contribution < -0.4 is 4.74 Å². The van der Waals surface area contributed by atoms with Crippen LogP contribution in [0.2, 0.25) is 0 Å². The van der Waals surface area contributed by atoms with E-state index in [0.717, 1.165) is 18.5 Å². The minimum absolute atomic E-state index is 0. The summed E-state index contributed by atoms with van der Waals surface area (Å²) in [5.74, 6) is 0.189. The van der Waals surface area contributed by atoms with E-state index in [0.29, 0.717) is 11.3 Å². The second kappa shape index (κ2) is 15.1. The summed E-state index contributed by atoms with van der Waals surface area (Å²) < 4.78 is 5.35. The maximum atomic E-state index is 11.7. The molecule has 142 valence electrons. The van der Waals surface area contributed by atoms with Gasteiger partial charge in [-0.05, 0) is 31.9 Å². The first kappa shape index (κ1) is 23.8. The van der Waals surface area contributed by atoms with Gasteiger partial charge in [0.1, 0.15) is 0 Å². The van der Waals surface area contributed by atoms with Crippen LogP contribution in [0.3, 0.4) is 0 Å². The lowest BCUT2D eigenvalue weighted by Crippen LogP contribution is -2.10. The van der Waals surface area contributed by atoms with Gasteiger partial charge in [0, 0.05) is 11.8 Å². The van der Waals surface area contributed by atoms with E-state index in [1.807, 2.05) is 0 Å². The standard InChI is InChI=1S/C21H33NO2.BrH/c1-4-5-6-7-8-9-10-11-12-13-15-19-20(16-14-17-22-19)24-21(23)18(2)3;/h14,16-17H,2,4-13,15H2,1,3H3;1H. The molecule has 0 aliphatic heterocycles. The first-order chi connectivity index (χ1) is 11.6.